The second kappa shape index (κ2) is 6.17. The van der Waals surface area contributed by atoms with E-state index in [1.165, 1.54) is 18.2 Å². The fourth-order valence-corrected chi connectivity index (χ4v) is 1.68. The summed E-state index contributed by atoms with van der Waals surface area (Å²) in [6.45, 7) is 0. The van der Waals surface area contributed by atoms with Crippen molar-refractivity contribution >= 4 is 22.2 Å². The SMILES string of the molecule is O=C(O)/C=C/c1ccccc1S(=O)(=O)[O-].[Na+]. The van der Waals surface area contributed by atoms with Crippen LogP contribution in [0.1, 0.15) is 5.56 Å². The topological polar surface area (TPSA) is 94.5 Å². The van der Waals surface area contributed by atoms with E-state index >= 15 is 0 Å². The molecule has 0 saturated heterocycles. The van der Waals surface area contributed by atoms with Crippen molar-refractivity contribution in [3.63, 3.8) is 0 Å². The molecule has 1 aromatic carbocycles. The number of hydrogen-bond acceptors (Lipinski definition) is 4. The van der Waals surface area contributed by atoms with E-state index in [0.717, 1.165) is 18.2 Å². The molecular formula is C9H7NaO5S. The summed E-state index contributed by atoms with van der Waals surface area (Å²) in [5, 5.41) is 8.35. The Balaban J connectivity index is 0.00000225. The zero-order chi connectivity index (χ0) is 11.5. The molecule has 0 aliphatic carbocycles. The van der Waals surface area contributed by atoms with Crippen molar-refractivity contribution in [1.82, 2.24) is 0 Å². The molecule has 0 unspecified atom stereocenters. The third-order valence-electron chi connectivity index (χ3n) is 1.59. The summed E-state index contributed by atoms with van der Waals surface area (Å²) >= 11 is 0. The van der Waals surface area contributed by atoms with Gasteiger partial charge < -0.3 is 9.66 Å². The van der Waals surface area contributed by atoms with Crippen LogP contribution in [0.5, 0.6) is 0 Å². The van der Waals surface area contributed by atoms with Gasteiger partial charge in [-0.05, 0) is 17.7 Å². The number of carbonyl (C=O) groups is 1. The first kappa shape index (κ1) is 15.3. The van der Waals surface area contributed by atoms with Gasteiger partial charge in [-0.25, -0.2) is 13.2 Å². The molecule has 0 heterocycles. The van der Waals surface area contributed by atoms with Crippen LogP contribution in [0.3, 0.4) is 0 Å². The molecule has 0 aliphatic heterocycles. The van der Waals surface area contributed by atoms with Gasteiger partial charge in [0.2, 0.25) is 0 Å². The molecule has 0 radical (unpaired) electrons. The molecule has 16 heavy (non-hydrogen) atoms. The molecule has 0 spiro atoms. The van der Waals surface area contributed by atoms with Gasteiger partial charge >= 0.3 is 35.5 Å². The van der Waals surface area contributed by atoms with Crippen molar-refractivity contribution in [2.24, 2.45) is 0 Å². The van der Waals surface area contributed by atoms with E-state index in [2.05, 4.69) is 0 Å². The van der Waals surface area contributed by atoms with Crippen molar-refractivity contribution in [2.75, 3.05) is 0 Å². The molecule has 1 rings (SSSR count). The fourth-order valence-electron chi connectivity index (χ4n) is 1.01. The van der Waals surface area contributed by atoms with Gasteiger partial charge in [-0.2, -0.15) is 0 Å². The fraction of sp³-hybridized carbons (Fsp3) is 0. The summed E-state index contributed by atoms with van der Waals surface area (Å²) in [5.41, 5.74) is 0.0647. The number of aliphatic carboxylic acids is 1. The van der Waals surface area contributed by atoms with Crippen LogP contribution in [0.25, 0.3) is 6.08 Å². The Morgan fingerprint density at radius 3 is 2.38 bits per heavy atom. The van der Waals surface area contributed by atoms with Gasteiger partial charge in [-0.3, -0.25) is 0 Å². The first-order valence-electron chi connectivity index (χ1n) is 3.87. The zero-order valence-electron chi connectivity index (χ0n) is 8.45. The third kappa shape index (κ3) is 4.46. The Morgan fingerprint density at radius 2 is 1.88 bits per heavy atom. The smallest absolute Gasteiger partial charge is 0.744 e. The summed E-state index contributed by atoms with van der Waals surface area (Å²) in [4.78, 5) is 9.79. The minimum Gasteiger partial charge on any atom is -0.744 e. The van der Waals surface area contributed by atoms with Crippen molar-refractivity contribution in [1.29, 1.82) is 0 Å². The summed E-state index contributed by atoms with van der Waals surface area (Å²) in [7, 11) is -4.58. The Bertz CT molecular complexity index is 506. The normalized spacial score (nSPS) is 11.1. The molecule has 0 atom stereocenters. The summed E-state index contributed by atoms with van der Waals surface area (Å²) in [6, 6.07) is 5.38. The first-order valence-corrected chi connectivity index (χ1v) is 5.28. The first-order chi connectivity index (χ1) is 6.91. The van der Waals surface area contributed by atoms with Gasteiger partial charge in [0.25, 0.3) is 0 Å². The molecule has 0 aromatic heterocycles. The van der Waals surface area contributed by atoms with Crippen molar-refractivity contribution in [3.8, 4) is 0 Å². The number of benzene rings is 1. The van der Waals surface area contributed by atoms with Crippen LogP contribution < -0.4 is 29.6 Å². The van der Waals surface area contributed by atoms with Crippen LogP contribution in [0, 0.1) is 0 Å². The van der Waals surface area contributed by atoms with E-state index < -0.39 is 21.0 Å². The molecule has 0 aliphatic rings. The van der Waals surface area contributed by atoms with Crippen LogP contribution in [-0.4, -0.2) is 24.0 Å². The minimum absolute atomic E-state index is 0. The van der Waals surface area contributed by atoms with E-state index in [-0.39, 0.29) is 35.1 Å². The van der Waals surface area contributed by atoms with Crippen molar-refractivity contribution in [2.45, 2.75) is 4.90 Å². The van der Waals surface area contributed by atoms with Gasteiger partial charge in [0.15, 0.2) is 0 Å². The van der Waals surface area contributed by atoms with Crippen LogP contribution in [0.4, 0.5) is 0 Å². The number of rotatable bonds is 3. The Hall–Kier alpha value is -0.660. The largest absolute Gasteiger partial charge is 1.00 e. The van der Waals surface area contributed by atoms with E-state index in [4.69, 9.17) is 5.11 Å². The van der Waals surface area contributed by atoms with Gasteiger partial charge in [0, 0.05) is 6.08 Å². The molecule has 0 amide bonds. The van der Waals surface area contributed by atoms with Crippen LogP contribution in [0.15, 0.2) is 35.2 Å². The maximum Gasteiger partial charge on any atom is 1.00 e. The second-order valence-corrected chi connectivity index (χ2v) is 4.01. The number of carboxylic acids is 1. The quantitative estimate of drug-likeness (QED) is 0.369. The maximum atomic E-state index is 10.8. The average Bonchev–Trinajstić information content (AvgIpc) is 2.13. The van der Waals surface area contributed by atoms with E-state index in [9.17, 15) is 17.8 Å². The van der Waals surface area contributed by atoms with E-state index in [0.29, 0.717) is 0 Å². The minimum atomic E-state index is -4.58. The molecule has 0 bridgehead atoms. The van der Waals surface area contributed by atoms with E-state index in [1.54, 1.807) is 0 Å². The van der Waals surface area contributed by atoms with Crippen LogP contribution >= 0.6 is 0 Å². The molecule has 0 fully saturated rings. The molecule has 80 valence electrons. The Labute approximate surface area is 115 Å². The van der Waals surface area contributed by atoms with Crippen LogP contribution in [0.2, 0.25) is 0 Å². The zero-order valence-corrected chi connectivity index (χ0v) is 11.3. The molecule has 1 aromatic rings. The average molecular weight is 250 g/mol. The standard InChI is InChI=1S/C9H8O5S.Na/c10-9(11)6-5-7-3-1-2-4-8(7)15(12,13)14;/h1-6H,(H,10,11)(H,12,13,14);/q;+1/p-1/b6-5+;. The molecule has 5 nitrogen and oxygen atoms in total. The summed E-state index contributed by atoms with van der Waals surface area (Å²) in [6.07, 6.45) is 1.83. The maximum absolute atomic E-state index is 10.8. The number of carboxylic acid groups (broad SMARTS) is 1. The molecular weight excluding hydrogens is 243 g/mol. The van der Waals surface area contributed by atoms with Gasteiger partial charge in [-0.15, -0.1) is 0 Å². The molecule has 1 N–H and O–H groups in total. The molecule has 7 heteroatoms. The van der Waals surface area contributed by atoms with Crippen molar-refractivity contribution in [3.05, 3.63) is 35.9 Å². The van der Waals surface area contributed by atoms with Crippen LogP contribution in [-0.2, 0) is 14.9 Å². The summed E-state index contributed by atoms with van der Waals surface area (Å²) in [5.74, 6) is -1.21. The Morgan fingerprint density at radius 1 is 1.31 bits per heavy atom. The predicted molar refractivity (Wildman–Crippen MR) is 51.1 cm³/mol. The molecule has 0 saturated carbocycles. The van der Waals surface area contributed by atoms with Gasteiger partial charge in [-0.1, -0.05) is 18.2 Å². The summed E-state index contributed by atoms with van der Waals surface area (Å²) < 4.78 is 32.3. The monoisotopic (exact) mass is 250 g/mol. The third-order valence-corrected chi connectivity index (χ3v) is 2.50. The van der Waals surface area contributed by atoms with E-state index in [1.807, 2.05) is 0 Å². The van der Waals surface area contributed by atoms with Crippen molar-refractivity contribution < 1.29 is 52.4 Å². The number of hydrogen-bond donors (Lipinski definition) is 1. The predicted octanol–water partition coefficient (Wildman–Crippen LogP) is -2.31. The second-order valence-electron chi connectivity index (χ2n) is 2.66. The Kier molecular flexibility index (Phi) is 5.91. The van der Waals surface area contributed by atoms with Gasteiger partial charge in [0.05, 0.1) is 4.90 Å². The van der Waals surface area contributed by atoms with Gasteiger partial charge in [0.1, 0.15) is 10.1 Å².